The van der Waals surface area contributed by atoms with Gasteiger partial charge in [0.1, 0.15) is 5.82 Å². The van der Waals surface area contributed by atoms with E-state index in [1.165, 1.54) is 12.5 Å². The average Bonchev–Trinajstić information content (AvgIpc) is 2.37. The van der Waals surface area contributed by atoms with E-state index in [1.54, 1.807) is 12.1 Å². The van der Waals surface area contributed by atoms with Crippen LogP contribution in [0.1, 0.15) is 44.6 Å². The van der Waals surface area contributed by atoms with Crippen LogP contribution in [0.3, 0.4) is 0 Å². The first-order valence-corrected chi connectivity index (χ1v) is 7.67. The summed E-state index contributed by atoms with van der Waals surface area (Å²) < 4.78 is 13.5. The van der Waals surface area contributed by atoms with Crippen molar-refractivity contribution in [2.24, 2.45) is 5.92 Å². The second-order valence-corrected chi connectivity index (χ2v) is 6.44. The smallest absolute Gasteiger partial charge is 0.233 e. The molecule has 0 N–H and O–H groups in total. The third kappa shape index (κ3) is 2.23. The van der Waals surface area contributed by atoms with Crippen LogP contribution in [0.5, 0.6) is 0 Å². The molecule has 1 aromatic carbocycles. The molecule has 1 amide bonds. The Bertz CT molecular complexity index is 509. The number of nitrogens with zero attached hydrogens (tertiary/aromatic N) is 1. The number of rotatable bonds is 2. The zero-order chi connectivity index (χ0) is 14.2. The van der Waals surface area contributed by atoms with Crippen LogP contribution in [0.15, 0.2) is 24.3 Å². The zero-order valence-corrected chi connectivity index (χ0v) is 12.1. The lowest BCUT2D eigenvalue weighted by Crippen LogP contribution is -2.53. The van der Waals surface area contributed by atoms with Crippen molar-refractivity contribution in [2.45, 2.75) is 44.4 Å². The maximum Gasteiger partial charge on any atom is 0.233 e. The van der Waals surface area contributed by atoms with Crippen LogP contribution in [-0.2, 0) is 10.2 Å². The van der Waals surface area contributed by atoms with Crippen LogP contribution >= 0.6 is 0 Å². The molecule has 0 aromatic heterocycles. The van der Waals surface area contributed by atoms with Crippen LogP contribution in [0.25, 0.3) is 0 Å². The van der Waals surface area contributed by atoms with Crippen molar-refractivity contribution in [3.05, 3.63) is 35.6 Å². The lowest BCUT2D eigenvalue weighted by atomic mass is 9.63. The summed E-state index contributed by atoms with van der Waals surface area (Å²) in [6.07, 6.45) is 5.08. The maximum absolute atomic E-state index is 13.5. The summed E-state index contributed by atoms with van der Waals surface area (Å²) in [7, 11) is 0. The standard InChI is InChI=1S/C17H22FNO/c1-13-5-3-10-19(12-13)16(20)17(8-4-9-17)14-6-2-7-15(18)11-14/h2,6-7,11,13H,3-5,8-10,12H2,1H3. The molecule has 1 saturated heterocycles. The Hall–Kier alpha value is -1.38. The Balaban J connectivity index is 1.87. The number of piperidine rings is 1. The molecule has 1 aliphatic carbocycles. The Morgan fingerprint density at radius 2 is 2.15 bits per heavy atom. The molecular weight excluding hydrogens is 253 g/mol. The fourth-order valence-corrected chi connectivity index (χ4v) is 3.62. The first kappa shape index (κ1) is 13.6. The summed E-state index contributed by atoms with van der Waals surface area (Å²) >= 11 is 0. The predicted molar refractivity (Wildman–Crippen MR) is 76.9 cm³/mol. The van der Waals surface area contributed by atoms with E-state index in [4.69, 9.17) is 0 Å². The van der Waals surface area contributed by atoms with Gasteiger partial charge in [-0.2, -0.15) is 0 Å². The van der Waals surface area contributed by atoms with Gasteiger partial charge in [0.05, 0.1) is 5.41 Å². The highest BCUT2D eigenvalue weighted by atomic mass is 19.1. The quantitative estimate of drug-likeness (QED) is 0.809. The van der Waals surface area contributed by atoms with Crippen molar-refractivity contribution in [3.8, 4) is 0 Å². The van der Waals surface area contributed by atoms with Crippen LogP contribution in [-0.4, -0.2) is 23.9 Å². The fourth-order valence-electron chi connectivity index (χ4n) is 3.62. The van der Waals surface area contributed by atoms with E-state index < -0.39 is 5.41 Å². The summed E-state index contributed by atoms with van der Waals surface area (Å²) in [5.74, 6) is 0.562. The summed E-state index contributed by atoms with van der Waals surface area (Å²) in [5, 5.41) is 0. The third-order valence-electron chi connectivity index (χ3n) is 4.94. The molecule has 0 spiro atoms. The summed E-state index contributed by atoms with van der Waals surface area (Å²) in [5.41, 5.74) is 0.422. The summed E-state index contributed by atoms with van der Waals surface area (Å²) in [6.45, 7) is 3.92. The van der Waals surface area contributed by atoms with Gasteiger partial charge in [-0.3, -0.25) is 4.79 Å². The van der Waals surface area contributed by atoms with Crippen molar-refractivity contribution in [1.29, 1.82) is 0 Å². The van der Waals surface area contributed by atoms with E-state index in [2.05, 4.69) is 6.92 Å². The van der Waals surface area contributed by atoms with Gasteiger partial charge in [-0.15, -0.1) is 0 Å². The lowest BCUT2D eigenvalue weighted by molar-refractivity contribution is -0.142. The van der Waals surface area contributed by atoms with Crippen molar-refractivity contribution < 1.29 is 9.18 Å². The molecule has 1 atom stereocenters. The number of amides is 1. The van der Waals surface area contributed by atoms with Gasteiger partial charge in [0, 0.05) is 13.1 Å². The molecule has 108 valence electrons. The van der Waals surface area contributed by atoms with E-state index in [-0.39, 0.29) is 11.7 Å². The maximum atomic E-state index is 13.5. The molecule has 1 aromatic rings. The molecule has 2 fully saturated rings. The Morgan fingerprint density at radius 3 is 2.75 bits per heavy atom. The molecule has 3 rings (SSSR count). The number of hydrogen-bond donors (Lipinski definition) is 0. The largest absolute Gasteiger partial charge is 0.342 e. The number of carbonyl (C=O) groups is 1. The number of likely N-dealkylation sites (tertiary alicyclic amines) is 1. The Morgan fingerprint density at radius 1 is 1.35 bits per heavy atom. The van der Waals surface area contributed by atoms with E-state index in [0.29, 0.717) is 5.92 Å². The molecule has 1 saturated carbocycles. The van der Waals surface area contributed by atoms with E-state index in [9.17, 15) is 9.18 Å². The first-order valence-electron chi connectivity index (χ1n) is 7.67. The van der Waals surface area contributed by atoms with Gasteiger partial charge in [0.2, 0.25) is 5.91 Å². The minimum Gasteiger partial charge on any atom is -0.342 e. The number of benzene rings is 1. The van der Waals surface area contributed by atoms with Gasteiger partial charge >= 0.3 is 0 Å². The van der Waals surface area contributed by atoms with Gasteiger partial charge in [-0.05, 0) is 49.3 Å². The van der Waals surface area contributed by atoms with Gasteiger partial charge in [0.15, 0.2) is 0 Å². The first-order chi connectivity index (χ1) is 9.62. The monoisotopic (exact) mass is 275 g/mol. The minimum atomic E-state index is -0.445. The highest BCUT2D eigenvalue weighted by Gasteiger charge is 2.48. The Kier molecular flexibility index (Phi) is 3.53. The molecule has 0 bridgehead atoms. The molecule has 0 radical (unpaired) electrons. The van der Waals surface area contributed by atoms with Crippen LogP contribution in [0.4, 0.5) is 4.39 Å². The van der Waals surface area contributed by atoms with Crippen molar-refractivity contribution >= 4 is 5.91 Å². The average molecular weight is 275 g/mol. The molecule has 2 aliphatic rings. The van der Waals surface area contributed by atoms with Crippen molar-refractivity contribution in [2.75, 3.05) is 13.1 Å². The molecule has 3 heteroatoms. The highest BCUT2D eigenvalue weighted by molar-refractivity contribution is 5.89. The van der Waals surface area contributed by atoms with Gasteiger partial charge in [0.25, 0.3) is 0 Å². The van der Waals surface area contributed by atoms with Crippen molar-refractivity contribution in [3.63, 3.8) is 0 Å². The molecule has 1 heterocycles. The van der Waals surface area contributed by atoms with Gasteiger partial charge in [-0.25, -0.2) is 4.39 Å². The number of carbonyl (C=O) groups excluding carboxylic acids is 1. The van der Waals surface area contributed by atoms with Gasteiger partial charge in [-0.1, -0.05) is 25.5 Å². The predicted octanol–water partition coefficient (Wildman–Crippen LogP) is 3.51. The van der Waals surface area contributed by atoms with Crippen LogP contribution < -0.4 is 0 Å². The van der Waals surface area contributed by atoms with E-state index in [1.807, 2.05) is 11.0 Å². The molecular formula is C17H22FNO. The SMILES string of the molecule is CC1CCCN(C(=O)C2(c3cccc(F)c3)CCC2)C1. The van der Waals surface area contributed by atoms with E-state index >= 15 is 0 Å². The zero-order valence-electron chi connectivity index (χ0n) is 12.1. The topological polar surface area (TPSA) is 20.3 Å². The Labute approximate surface area is 120 Å². The van der Waals surface area contributed by atoms with Crippen LogP contribution in [0.2, 0.25) is 0 Å². The van der Waals surface area contributed by atoms with E-state index in [0.717, 1.165) is 44.3 Å². The molecule has 20 heavy (non-hydrogen) atoms. The summed E-state index contributed by atoms with van der Waals surface area (Å²) in [4.78, 5) is 15.0. The number of hydrogen-bond acceptors (Lipinski definition) is 1. The highest BCUT2D eigenvalue weighted by Crippen LogP contribution is 2.45. The molecule has 1 unspecified atom stereocenters. The molecule has 2 nitrogen and oxygen atoms in total. The molecule has 1 aliphatic heterocycles. The lowest BCUT2D eigenvalue weighted by Gasteiger charge is -2.45. The normalized spacial score (nSPS) is 25.1. The van der Waals surface area contributed by atoms with Crippen molar-refractivity contribution in [1.82, 2.24) is 4.90 Å². The number of halogens is 1. The second-order valence-electron chi connectivity index (χ2n) is 6.44. The minimum absolute atomic E-state index is 0.223. The van der Waals surface area contributed by atoms with Crippen LogP contribution in [0, 0.1) is 11.7 Å². The van der Waals surface area contributed by atoms with Gasteiger partial charge < -0.3 is 4.90 Å². The summed E-state index contributed by atoms with van der Waals surface area (Å²) in [6, 6.07) is 6.62. The fraction of sp³-hybridized carbons (Fsp3) is 0.588. The third-order valence-corrected chi connectivity index (χ3v) is 4.94. The second kappa shape index (κ2) is 5.19.